The van der Waals surface area contributed by atoms with Crippen molar-refractivity contribution in [3.05, 3.63) is 70.3 Å². The number of aromatic nitrogens is 3. The third kappa shape index (κ3) is 3.26. The van der Waals surface area contributed by atoms with E-state index in [2.05, 4.69) is 10.2 Å². The molecule has 3 rings (SSSR count). The van der Waals surface area contributed by atoms with Crippen molar-refractivity contribution in [2.75, 3.05) is 0 Å². The second-order valence-electron chi connectivity index (χ2n) is 5.14. The van der Waals surface area contributed by atoms with Gasteiger partial charge in [0.1, 0.15) is 11.6 Å². The van der Waals surface area contributed by atoms with Crippen molar-refractivity contribution in [2.24, 2.45) is 0 Å². The van der Waals surface area contributed by atoms with Crippen molar-refractivity contribution in [3.63, 3.8) is 0 Å². The molecule has 0 radical (unpaired) electrons. The monoisotopic (exact) mass is 347 g/mol. The molecule has 0 bridgehead atoms. The Labute approximate surface area is 143 Å². The van der Waals surface area contributed by atoms with Gasteiger partial charge < -0.3 is 0 Å². The summed E-state index contributed by atoms with van der Waals surface area (Å²) in [6, 6.07) is 12.7. The highest BCUT2D eigenvalue weighted by molar-refractivity contribution is 7.98. The predicted molar refractivity (Wildman–Crippen MR) is 91.8 cm³/mol. The second-order valence-corrected chi connectivity index (χ2v) is 6.49. The van der Waals surface area contributed by atoms with Gasteiger partial charge in [-0.3, -0.25) is 4.57 Å². The number of hydrogen-bond acceptors (Lipinski definition) is 3. The van der Waals surface area contributed by atoms with Crippen molar-refractivity contribution in [3.8, 4) is 5.69 Å². The Balaban J connectivity index is 1.92. The number of aryl methyl sites for hydroxylation is 2. The molecular formula is C17H15ClFN3S. The molecule has 6 heteroatoms. The van der Waals surface area contributed by atoms with Gasteiger partial charge in [0, 0.05) is 16.3 Å². The van der Waals surface area contributed by atoms with E-state index in [1.165, 1.54) is 17.8 Å². The van der Waals surface area contributed by atoms with Gasteiger partial charge in [0.05, 0.1) is 5.69 Å². The van der Waals surface area contributed by atoms with Crippen LogP contribution in [0.25, 0.3) is 5.69 Å². The summed E-state index contributed by atoms with van der Waals surface area (Å²) in [6.45, 7) is 3.94. The van der Waals surface area contributed by atoms with Crippen LogP contribution in [0.3, 0.4) is 0 Å². The summed E-state index contributed by atoms with van der Waals surface area (Å²) < 4.78 is 15.9. The fourth-order valence-electron chi connectivity index (χ4n) is 2.34. The molecular weight excluding hydrogens is 333 g/mol. The highest BCUT2D eigenvalue weighted by Gasteiger charge is 2.15. The lowest BCUT2D eigenvalue weighted by Crippen LogP contribution is -2.01. The lowest BCUT2D eigenvalue weighted by atomic mass is 10.2. The van der Waals surface area contributed by atoms with Crippen molar-refractivity contribution in [2.45, 2.75) is 24.8 Å². The van der Waals surface area contributed by atoms with Crippen LogP contribution in [0.4, 0.5) is 4.39 Å². The van der Waals surface area contributed by atoms with E-state index in [1.54, 1.807) is 12.1 Å². The zero-order chi connectivity index (χ0) is 16.4. The summed E-state index contributed by atoms with van der Waals surface area (Å²) in [7, 11) is 0. The predicted octanol–water partition coefficient (Wildman–Crippen LogP) is 4.97. The Morgan fingerprint density at radius 1 is 1.09 bits per heavy atom. The van der Waals surface area contributed by atoms with E-state index in [1.807, 2.05) is 42.7 Å². The molecule has 0 saturated carbocycles. The van der Waals surface area contributed by atoms with Gasteiger partial charge in [0.25, 0.3) is 0 Å². The van der Waals surface area contributed by atoms with Gasteiger partial charge in [0.15, 0.2) is 5.16 Å². The first-order valence-corrected chi connectivity index (χ1v) is 8.48. The molecule has 1 heterocycles. The topological polar surface area (TPSA) is 30.7 Å². The van der Waals surface area contributed by atoms with Gasteiger partial charge in [-0.25, -0.2) is 4.39 Å². The molecule has 0 aliphatic heterocycles. The minimum atomic E-state index is -0.302. The lowest BCUT2D eigenvalue weighted by Gasteiger charge is -2.11. The smallest absolute Gasteiger partial charge is 0.196 e. The molecule has 3 nitrogen and oxygen atoms in total. The fourth-order valence-corrected chi connectivity index (χ4v) is 3.67. The maximum Gasteiger partial charge on any atom is 0.196 e. The molecule has 1 aromatic heterocycles. The second kappa shape index (κ2) is 6.72. The van der Waals surface area contributed by atoms with Crippen LogP contribution in [-0.4, -0.2) is 14.8 Å². The van der Waals surface area contributed by atoms with Crippen molar-refractivity contribution in [1.29, 1.82) is 0 Å². The van der Waals surface area contributed by atoms with E-state index >= 15 is 0 Å². The third-order valence-electron chi connectivity index (χ3n) is 3.56. The van der Waals surface area contributed by atoms with E-state index in [0.717, 1.165) is 22.2 Å². The van der Waals surface area contributed by atoms with Gasteiger partial charge >= 0.3 is 0 Å². The van der Waals surface area contributed by atoms with Crippen LogP contribution in [0.1, 0.15) is 17.0 Å². The third-order valence-corrected chi connectivity index (χ3v) is 4.87. The lowest BCUT2D eigenvalue weighted by molar-refractivity contribution is 0.617. The van der Waals surface area contributed by atoms with E-state index < -0.39 is 0 Å². The SMILES string of the molecule is Cc1ccccc1-n1c(C)nnc1SCc1c(F)cccc1Cl. The molecule has 2 aromatic carbocycles. The number of benzene rings is 2. The van der Waals surface area contributed by atoms with Gasteiger partial charge in [-0.2, -0.15) is 0 Å². The van der Waals surface area contributed by atoms with Crippen LogP contribution in [0.2, 0.25) is 5.02 Å². The first kappa shape index (κ1) is 16.0. The Hall–Kier alpha value is -1.85. The molecule has 0 atom stereocenters. The van der Waals surface area contributed by atoms with Crippen LogP contribution in [0.15, 0.2) is 47.6 Å². The van der Waals surface area contributed by atoms with Crippen molar-refractivity contribution < 1.29 is 4.39 Å². The molecule has 0 amide bonds. The highest BCUT2D eigenvalue weighted by Crippen LogP contribution is 2.30. The van der Waals surface area contributed by atoms with Gasteiger partial charge in [-0.1, -0.05) is 47.6 Å². The number of nitrogens with zero attached hydrogens (tertiary/aromatic N) is 3. The summed E-state index contributed by atoms with van der Waals surface area (Å²) in [5.41, 5.74) is 2.63. The van der Waals surface area contributed by atoms with Crippen molar-refractivity contribution in [1.82, 2.24) is 14.8 Å². The maximum atomic E-state index is 13.9. The number of rotatable bonds is 4. The minimum absolute atomic E-state index is 0.302. The fraction of sp³-hybridized carbons (Fsp3) is 0.176. The zero-order valence-electron chi connectivity index (χ0n) is 12.8. The molecule has 0 aliphatic carbocycles. The summed E-state index contributed by atoms with van der Waals surface area (Å²) >= 11 is 7.50. The summed E-state index contributed by atoms with van der Waals surface area (Å²) in [6.07, 6.45) is 0. The Morgan fingerprint density at radius 2 is 1.87 bits per heavy atom. The first-order chi connectivity index (χ1) is 11.1. The molecule has 0 saturated heterocycles. The van der Waals surface area contributed by atoms with Gasteiger partial charge in [-0.05, 0) is 37.6 Å². The summed E-state index contributed by atoms with van der Waals surface area (Å²) in [5, 5.41) is 9.52. The quantitative estimate of drug-likeness (QED) is 0.624. The Morgan fingerprint density at radius 3 is 2.61 bits per heavy atom. The van der Waals surface area contributed by atoms with E-state index in [0.29, 0.717) is 16.3 Å². The number of halogens is 2. The maximum absolute atomic E-state index is 13.9. The molecule has 118 valence electrons. The largest absolute Gasteiger partial charge is 0.274 e. The molecule has 0 fully saturated rings. The average molecular weight is 348 g/mol. The molecule has 0 spiro atoms. The Bertz CT molecular complexity index is 827. The van der Waals surface area contributed by atoms with Crippen LogP contribution in [0, 0.1) is 19.7 Å². The highest BCUT2D eigenvalue weighted by atomic mass is 35.5. The van der Waals surface area contributed by atoms with Crippen LogP contribution >= 0.6 is 23.4 Å². The minimum Gasteiger partial charge on any atom is -0.274 e. The van der Waals surface area contributed by atoms with Crippen LogP contribution < -0.4 is 0 Å². The standard InChI is InChI=1S/C17H15ClFN3S/c1-11-6-3-4-9-16(11)22-12(2)20-21-17(22)23-10-13-14(18)7-5-8-15(13)19/h3-9H,10H2,1-2H3. The van der Waals surface area contributed by atoms with Crippen molar-refractivity contribution >= 4 is 23.4 Å². The molecule has 0 aliphatic rings. The number of thioether (sulfide) groups is 1. The first-order valence-electron chi connectivity index (χ1n) is 7.11. The average Bonchev–Trinajstić information content (AvgIpc) is 2.88. The van der Waals surface area contributed by atoms with Gasteiger partial charge in [-0.15, -0.1) is 10.2 Å². The zero-order valence-corrected chi connectivity index (χ0v) is 14.3. The summed E-state index contributed by atoms with van der Waals surface area (Å²) in [4.78, 5) is 0. The molecule has 3 aromatic rings. The normalized spacial score (nSPS) is 11.0. The van der Waals surface area contributed by atoms with E-state index in [9.17, 15) is 4.39 Å². The molecule has 0 N–H and O–H groups in total. The van der Waals surface area contributed by atoms with E-state index in [4.69, 9.17) is 11.6 Å². The number of hydrogen-bond donors (Lipinski definition) is 0. The summed E-state index contributed by atoms with van der Waals surface area (Å²) in [5.74, 6) is 0.889. The van der Waals surface area contributed by atoms with Gasteiger partial charge in [0.2, 0.25) is 0 Å². The Kier molecular flexibility index (Phi) is 4.68. The number of para-hydroxylation sites is 1. The molecule has 0 unspecified atom stereocenters. The molecule has 23 heavy (non-hydrogen) atoms. The van der Waals surface area contributed by atoms with E-state index in [-0.39, 0.29) is 5.82 Å². The van der Waals surface area contributed by atoms with Crippen LogP contribution in [0.5, 0.6) is 0 Å². The van der Waals surface area contributed by atoms with Crippen LogP contribution in [-0.2, 0) is 5.75 Å².